The Hall–Kier alpha value is -3.03. The third-order valence-electron chi connectivity index (χ3n) is 4.65. The fraction of sp³-hybridized carbons (Fsp3) is 0.261. The number of hydrogen-bond donors (Lipinski definition) is 2. The van der Waals surface area contributed by atoms with Crippen LogP contribution >= 0.6 is 11.3 Å². The molecular formula is C23H24N4O2S. The smallest absolute Gasteiger partial charge is 0.223 e. The zero-order valence-electron chi connectivity index (χ0n) is 16.8. The Labute approximate surface area is 179 Å². The van der Waals surface area contributed by atoms with Crippen molar-refractivity contribution in [2.24, 2.45) is 0 Å². The molecule has 0 fully saturated rings. The number of rotatable bonds is 9. The molecule has 7 heteroatoms. The number of ether oxygens (including phenoxy) is 1. The van der Waals surface area contributed by atoms with E-state index in [1.165, 1.54) is 5.56 Å². The van der Waals surface area contributed by atoms with Gasteiger partial charge < -0.3 is 15.2 Å². The van der Waals surface area contributed by atoms with Crippen LogP contribution in [0.3, 0.4) is 0 Å². The molecule has 0 saturated carbocycles. The molecule has 2 N–H and O–H groups in total. The number of aromatic nitrogens is 3. The van der Waals surface area contributed by atoms with Gasteiger partial charge >= 0.3 is 0 Å². The molecule has 0 aliphatic rings. The van der Waals surface area contributed by atoms with Crippen LogP contribution in [0.4, 0.5) is 5.95 Å². The van der Waals surface area contributed by atoms with Crippen molar-refractivity contribution in [3.05, 3.63) is 76.6 Å². The van der Waals surface area contributed by atoms with Crippen molar-refractivity contribution in [1.82, 2.24) is 15.0 Å². The molecule has 154 valence electrons. The lowest BCUT2D eigenvalue weighted by atomic mass is 10.1. The summed E-state index contributed by atoms with van der Waals surface area (Å²) in [6.07, 6.45) is 2.03. The van der Waals surface area contributed by atoms with Crippen LogP contribution in [0.15, 0.2) is 54.6 Å². The molecule has 2 heterocycles. The monoisotopic (exact) mass is 420 g/mol. The molecule has 0 bridgehead atoms. The number of aliphatic hydroxyl groups is 1. The number of thiazole rings is 1. The van der Waals surface area contributed by atoms with Gasteiger partial charge in [0.2, 0.25) is 5.95 Å². The van der Waals surface area contributed by atoms with E-state index in [2.05, 4.69) is 33.5 Å². The van der Waals surface area contributed by atoms with Gasteiger partial charge in [-0.2, -0.15) is 0 Å². The number of nitrogens with one attached hydrogen (secondary N) is 1. The Morgan fingerprint density at radius 3 is 2.53 bits per heavy atom. The van der Waals surface area contributed by atoms with Crippen LogP contribution < -0.4 is 10.1 Å². The molecule has 30 heavy (non-hydrogen) atoms. The number of nitrogens with zero attached hydrogens (tertiary/aromatic N) is 3. The van der Waals surface area contributed by atoms with Crippen LogP contribution in [0.5, 0.6) is 5.75 Å². The van der Waals surface area contributed by atoms with Gasteiger partial charge in [-0.05, 0) is 36.2 Å². The average Bonchev–Trinajstić information content (AvgIpc) is 3.15. The number of anilines is 1. The first-order valence-electron chi connectivity index (χ1n) is 9.92. The largest absolute Gasteiger partial charge is 0.497 e. The first-order valence-corrected chi connectivity index (χ1v) is 10.7. The van der Waals surface area contributed by atoms with E-state index in [1.807, 2.05) is 36.4 Å². The predicted molar refractivity (Wildman–Crippen MR) is 120 cm³/mol. The number of benzene rings is 2. The lowest BCUT2D eigenvalue weighted by Gasteiger charge is -2.09. The fourth-order valence-electron chi connectivity index (χ4n) is 3.21. The van der Waals surface area contributed by atoms with Crippen LogP contribution in [0, 0.1) is 0 Å². The lowest BCUT2D eigenvalue weighted by molar-refractivity contribution is 0.292. The highest BCUT2D eigenvalue weighted by molar-refractivity contribution is 7.18. The van der Waals surface area contributed by atoms with E-state index < -0.39 is 0 Å². The Morgan fingerprint density at radius 2 is 1.77 bits per heavy atom. The maximum Gasteiger partial charge on any atom is 0.223 e. The van der Waals surface area contributed by atoms with E-state index in [9.17, 15) is 0 Å². The molecule has 0 unspecified atom stereocenters. The van der Waals surface area contributed by atoms with Gasteiger partial charge in [-0.1, -0.05) is 30.3 Å². The summed E-state index contributed by atoms with van der Waals surface area (Å²) < 4.78 is 6.42. The first-order chi connectivity index (χ1) is 14.7. The summed E-state index contributed by atoms with van der Waals surface area (Å²) in [5.74, 6) is 1.43. The third-order valence-corrected chi connectivity index (χ3v) is 5.67. The van der Waals surface area contributed by atoms with Crippen LogP contribution in [0.2, 0.25) is 0 Å². The van der Waals surface area contributed by atoms with E-state index in [-0.39, 0.29) is 6.61 Å². The number of methoxy groups -OCH3 is 1. The predicted octanol–water partition coefficient (Wildman–Crippen LogP) is 4.07. The Morgan fingerprint density at radius 1 is 0.967 bits per heavy atom. The molecule has 0 spiro atoms. The second-order valence-corrected chi connectivity index (χ2v) is 8.07. The van der Waals surface area contributed by atoms with Gasteiger partial charge in [0.25, 0.3) is 0 Å². The summed E-state index contributed by atoms with van der Waals surface area (Å²) in [5.41, 5.74) is 4.06. The molecule has 0 saturated heterocycles. The highest BCUT2D eigenvalue weighted by Gasteiger charge is 2.10. The van der Waals surface area contributed by atoms with Crippen molar-refractivity contribution in [3.63, 3.8) is 0 Å². The first kappa shape index (κ1) is 20.3. The Balaban J connectivity index is 1.60. The maximum absolute atomic E-state index is 9.05. The van der Waals surface area contributed by atoms with Gasteiger partial charge in [-0.3, -0.25) is 0 Å². The third kappa shape index (κ3) is 5.11. The molecular weight excluding hydrogens is 396 g/mol. The van der Waals surface area contributed by atoms with Gasteiger partial charge in [-0.25, -0.2) is 15.0 Å². The second kappa shape index (κ2) is 9.65. The molecule has 0 amide bonds. The molecule has 2 aromatic carbocycles. The SMILES string of the molecule is COc1ccc2nc(Cc3cc(Cc4ccccc4)nc(NCCCO)n3)sc2c1. The van der Waals surface area contributed by atoms with E-state index in [0.29, 0.717) is 25.3 Å². The van der Waals surface area contributed by atoms with Gasteiger partial charge in [0.1, 0.15) is 5.75 Å². The minimum atomic E-state index is 0.138. The minimum absolute atomic E-state index is 0.138. The van der Waals surface area contributed by atoms with E-state index in [4.69, 9.17) is 14.8 Å². The molecule has 0 aliphatic heterocycles. The van der Waals surface area contributed by atoms with Crippen molar-refractivity contribution in [1.29, 1.82) is 0 Å². The lowest BCUT2D eigenvalue weighted by Crippen LogP contribution is -2.10. The van der Waals surface area contributed by atoms with Crippen molar-refractivity contribution < 1.29 is 9.84 Å². The summed E-state index contributed by atoms with van der Waals surface area (Å²) in [5, 5.41) is 13.3. The highest BCUT2D eigenvalue weighted by Crippen LogP contribution is 2.27. The summed E-state index contributed by atoms with van der Waals surface area (Å²) in [6, 6.07) is 18.3. The normalized spacial score (nSPS) is 11.0. The molecule has 2 aromatic heterocycles. The second-order valence-electron chi connectivity index (χ2n) is 6.96. The number of hydrogen-bond acceptors (Lipinski definition) is 7. The summed E-state index contributed by atoms with van der Waals surface area (Å²) in [4.78, 5) is 14.1. The van der Waals surface area contributed by atoms with Gasteiger partial charge in [0.05, 0.1) is 33.7 Å². The number of fused-ring (bicyclic) bond motifs is 1. The van der Waals surface area contributed by atoms with Crippen LogP contribution in [-0.2, 0) is 12.8 Å². The highest BCUT2D eigenvalue weighted by atomic mass is 32.1. The Kier molecular flexibility index (Phi) is 6.51. The van der Waals surface area contributed by atoms with Gasteiger partial charge in [0.15, 0.2) is 0 Å². The van der Waals surface area contributed by atoms with E-state index in [0.717, 1.165) is 38.8 Å². The van der Waals surface area contributed by atoms with Gasteiger partial charge in [0, 0.05) is 26.0 Å². The van der Waals surface area contributed by atoms with E-state index >= 15 is 0 Å². The minimum Gasteiger partial charge on any atom is -0.497 e. The molecule has 6 nitrogen and oxygen atoms in total. The van der Waals surface area contributed by atoms with Crippen molar-refractivity contribution in [2.45, 2.75) is 19.3 Å². The zero-order chi connectivity index (χ0) is 20.8. The van der Waals surface area contributed by atoms with Crippen LogP contribution in [0.1, 0.15) is 28.4 Å². The maximum atomic E-state index is 9.05. The Bertz CT molecular complexity index is 1110. The molecule has 0 radical (unpaired) electrons. The average molecular weight is 421 g/mol. The molecule has 0 aliphatic carbocycles. The van der Waals surface area contributed by atoms with E-state index in [1.54, 1.807) is 18.4 Å². The van der Waals surface area contributed by atoms with Crippen LogP contribution in [-0.4, -0.2) is 40.3 Å². The summed E-state index contributed by atoms with van der Waals surface area (Å²) in [6.45, 7) is 0.768. The van der Waals surface area contributed by atoms with Crippen molar-refractivity contribution >= 4 is 27.5 Å². The molecule has 0 atom stereocenters. The quantitative estimate of drug-likeness (QED) is 0.397. The standard InChI is InChI=1S/C23H24N4O2S/c1-29-19-8-9-20-21(15-19)30-22(27-20)14-18-13-17(12-16-6-3-2-4-7-16)25-23(26-18)24-10-5-11-28/h2-4,6-9,13,15,28H,5,10-12,14H2,1H3,(H,24,25,26). The fourth-order valence-corrected chi connectivity index (χ4v) is 4.22. The number of aliphatic hydroxyl groups excluding tert-OH is 1. The zero-order valence-corrected chi connectivity index (χ0v) is 17.7. The van der Waals surface area contributed by atoms with Crippen molar-refractivity contribution in [2.75, 3.05) is 25.6 Å². The molecule has 4 aromatic rings. The van der Waals surface area contributed by atoms with Gasteiger partial charge in [-0.15, -0.1) is 11.3 Å². The van der Waals surface area contributed by atoms with Crippen molar-refractivity contribution in [3.8, 4) is 5.75 Å². The molecule has 4 rings (SSSR count). The van der Waals surface area contributed by atoms with Crippen LogP contribution in [0.25, 0.3) is 10.2 Å². The topological polar surface area (TPSA) is 80.2 Å². The summed E-state index contributed by atoms with van der Waals surface area (Å²) >= 11 is 1.65. The summed E-state index contributed by atoms with van der Waals surface area (Å²) in [7, 11) is 1.67.